The van der Waals surface area contributed by atoms with Gasteiger partial charge in [0.05, 0.1) is 147 Å². The van der Waals surface area contributed by atoms with E-state index < -0.39 is 0 Å². The predicted molar refractivity (Wildman–Crippen MR) is 508 cm³/mol. The van der Waals surface area contributed by atoms with Crippen LogP contribution in [0.25, 0.3) is 129 Å². The smallest absolute Gasteiger partial charge is 0.223 e. The first kappa shape index (κ1) is 87.7. The lowest BCUT2D eigenvalue weighted by Gasteiger charge is -2.12. The number of hydrogen-bond donors (Lipinski definition) is 9. The van der Waals surface area contributed by atoms with Crippen LogP contribution in [0.4, 0.5) is 41.4 Å². The molecule has 0 saturated heterocycles. The number of H-pyrrole nitrogens is 1. The van der Waals surface area contributed by atoms with Gasteiger partial charge in [0.25, 0.3) is 0 Å². The molecule has 9 N–H and O–H groups in total. The molecule has 31 nitrogen and oxygen atoms in total. The quantitative estimate of drug-likeness (QED) is 0.0254. The molecule has 0 aliphatic carbocycles. The van der Waals surface area contributed by atoms with Crippen LogP contribution in [0.5, 0.6) is 0 Å². The van der Waals surface area contributed by atoms with Crippen molar-refractivity contribution < 1.29 is 38.0 Å². The molecule has 5 aromatic carbocycles. The lowest BCUT2D eigenvalue weighted by atomic mass is 10.1. The van der Waals surface area contributed by atoms with E-state index in [4.69, 9.17) is 39.9 Å². The van der Waals surface area contributed by atoms with Gasteiger partial charge in [-0.15, -0.1) is 22.7 Å². The molecule has 672 valence electrons. The van der Waals surface area contributed by atoms with Crippen molar-refractivity contribution in [3.63, 3.8) is 0 Å². The molecule has 17 aromatic heterocycles. The van der Waals surface area contributed by atoms with Gasteiger partial charge < -0.3 is 46.7 Å². The lowest BCUT2D eigenvalue weighted by molar-refractivity contribution is 0.281. The first-order chi connectivity index (χ1) is 65.9. The summed E-state index contributed by atoms with van der Waals surface area (Å²) in [5.41, 5.74) is 22.7. The average Bonchev–Trinajstić information content (AvgIpc) is 1.63. The van der Waals surface area contributed by atoms with Crippen LogP contribution in [-0.4, -0.2) is 132 Å². The molecule has 17 heterocycles. The average molecular weight is 1840 g/mol. The lowest BCUT2D eigenvalue weighted by Crippen LogP contribution is -2.10. The first-order valence-corrected chi connectivity index (χ1v) is 44.2. The number of nitrogens with zero attached hydrogens (tertiary/aromatic N) is 22. The van der Waals surface area contributed by atoms with Crippen LogP contribution in [0.1, 0.15) is 68.7 Å². The molecule has 22 rings (SSSR count). The highest BCUT2D eigenvalue weighted by Crippen LogP contribution is 2.39. The largest absolute Gasteiger partial charge is 0.392 e. The highest BCUT2D eigenvalue weighted by molar-refractivity contribution is 7.15. The number of fused-ring (bicyclic) bond motifs is 6. The van der Waals surface area contributed by atoms with Gasteiger partial charge in [-0.1, -0.05) is 12.1 Å². The summed E-state index contributed by atoms with van der Waals surface area (Å²) >= 11 is 3.18. The minimum Gasteiger partial charge on any atom is -0.392 e. The summed E-state index contributed by atoms with van der Waals surface area (Å²) in [5.74, 6) is 1.36. The maximum absolute atomic E-state index is 13.6. The zero-order valence-electron chi connectivity index (χ0n) is 72.5. The van der Waals surface area contributed by atoms with Crippen LogP contribution >= 0.6 is 22.7 Å². The Hall–Kier alpha value is -16.6. The van der Waals surface area contributed by atoms with Gasteiger partial charge >= 0.3 is 0 Å². The number of halogens is 4. The summed E-state index contributed by atoms with van der Waals surface area (Å²) in [5, 5.41) is 60.6. The van der Waals surface area contributed by atoms with Gasteiger partial charge in [-0.3, -0.25) is 26.7 Å². The Morgan fingerprint density at radius 2 is 0.800 bits per heavy atom. The van der Waals surface area contributed by atoms with Crippen molar-refractivity contribution in [1.29, 1.82) is 0 Å². The van der Waals surface area contributed by atoms with E-state index in [1.165, 1.54) is 48.5 Å². The van der Waals surface area contributed by atoms with Crippen molar-refractivity contribution in [2.24, 2.45) is 7.05 Å². The summed E-state index contributed by atoms with van der Waals surface area (Å²) < 4.78 is 65.7. The standard InChI is InChI=1S/C26H20FN7O.C24H18FN7OS.C24H22FN7O.C24H21FN6OS/c27-18-7-5-17(6-8-18)24-25(34-12-10-16(15-35)13-23(34)33-24)21-9-11-28-26(32-21)29-14-22-30-19-3-1-2-4-20(19)31-22;25-17-3-1-16(2-4-17)21-22(32-8-6-15(14-33)11-20(32)30-21)19-5-7-26-23(29-19)27-12-18-13-31-9-10-34-24(31)28-18;1-15-18(13-31(2)30-15)12-27-24-26-9-7-20(28-24)23-22(17-3-5-19(25)6-4-17)29-21-11-16(14-33)8-10-32(21)23;1-14(20-13-33-15(2)28-20)27-24-26-9-7-19(29-24)23-22(17-3-5-18(25)6-4-17)30-21-11-16(12-32)8-10-31(21)23/h1-13,35H,14-15H2,(H,30,31)(H,28,29,32);1-11,13,33H,12,14H2,(H,26,27,29);3-11,13,33H,12,14H2,1-2H3,(H,26,27,28);3-11,13-14,32H,12H2,1-2H3,(H,26,27,29). The van der Waals surface area contributed by atoms with E-state index in [2.05, 4.69) is 66.2 Å². The number of para-hydroxylation sites is 2. The van der Waals surface area contributed by atoms with Crippen molar-refractivity contribution in [3.8, 4) is 90.6 Å². The minimum atomic E-state index is -0.319. The maximum Gasteiger partial charge on any atom is 0.223 e. The van der Waals surface area contributed by atoms with E-state index in [1.807, 2.05) is 201 Å². The second-order valence-electron chi connectivity index (χ2n) is 31.2. The topological polar surface area (TPSA) is 378 Å². The number of thiazole rings is 2. The fourth-order valence-corrected chi connectivity index (χ4v) is 16.8. The van der Waals surface area contributed by atoms with Crippen molar-refractivity contribution >= 4 is 85.0 Å². The third-order valence-corrected chi connectivity index (χ3v) is 23.5. The van der Waals surface area contributed by atoms with E-state index in [0.717, 1.165) is 117 Å². The second kappa shape index (κ2) is 38.8. The predicted octanol–water partition coefficient (Wildman–Crippen LogP) is 17.8. The number of aliphatic hydroxyl groups excluding tert-OH is 4. The zero-order valence-corrected chi connectivity index (χ0v) is 74.1. The van der Waals surface area contributed by atoms with Crippen LogP contribution in [0.15, 0.2) is 273 Å². The Morgan fingerprint density at radius 1 is 0.407 bits per heavy atom. The number of imidazole rings is 6. The van der Waals surface area contributed by atoms with Crippen LogP contribution < -0.4 is 21.3 Å². The van der Waals surface area contributed by atoms with Gasteiger partial charge in [-0.05, 0) is 225 Å². The third kappa shape index (κ3) is 19.3. The highest BCUT2D eigenvalue weighted by atomic mass is 32.1. The van der Waals surface area contributed by atoms with Gasteiger partial charge in [-0.25, -0.2) is 92.3 Å². The molecule has 1 atom stereocenters. The first-order valence-electron chi connectivity index (χ1n) is 42.5. The summed E-state index contributed by atoms with van der Waals surface area (Å²) in [6.45, 7) is 7.06. The molecule has 135 heavy (non-hydrogen) atoms. The van der Waals surface area contributed by atoms with Gasteiger partial charge in [-0.2, -0.15) is 5.10 Å². The van der Waals surface area contributed by atoms with Gasteiger partial charge in [0.15, 0.2) is 4.96 Å². The molecular formula is C98H81F4N27O4S2. The number of benzene rings is 5. The molecule has 0 bridgehead atoms. The molecule has 22 aromatic rings. The SMILES string of the molecule is Cc1nc(C(C)Nc2nccc(-c3c(-c4ccc(F)cc4)nc4cc(CO)ccn34)n2)cs1.Cc1nn(C)cc1CNc1nccc(-c2c(-c3ccc(F)cc3)nc3cc(CO)ccn23)n1.OCc1ccn2c(-c3ccnc(NCc4cn5ccsc5n4)n3)c(-c3ccc(F)cc3)nc2c1.OCc1ccn2c(-c3ccnc(NCc4nc5ccccc5[nH]4)n3)c(-c3ccc(F)cc3)nc2c1. The minimum absolute atomic E-state index is 0.0592. The van der Waals surface area contributed by atoms with Crippen LogP contribution in [-0.2, 0) is 53.1 Å². The van der Waals surface area contributed by atoms with E-state index in [-0.39, 0.29) is 55.7 Å². The Labute approximate surface area is 773 Å². The van der Waals surface area contributed by atoms with Gasteiger partial charge in [0.2, 0.25) is 23.8 Å². The normalized spacial score (nSPS) is 11.6. The third-order valence-electron chi connectivity index (χ3n) is 22.0. The molecule has 0 saturated carbocycles. The number of aryl methyl sites for hydroxylation is 3. The van der Waals surface area contributed by atoms with Gasteiger partial charge in [0.1, 0.15) is 51.7 Å². The fraction of sp³-hybridized carbons (Fsp3) is 0.122. The molecule has 0 amide bonds. The fourth-order valence-electron chi connectivity index (χ4n) is 15.4. The molecule has 0 aliphatic heterocycles. The highest BCUT2D eigenvalue weighted by Gasteiger charge is 2.25. The second-order valence-corrected chi connectivity index (χ2v) is 33.1. The number of nitrogens with one attached hydrogen (secondary N) is 5. The van der Waals surface area contributed by atoms with E-state index in [1.54, 1.807) is 101 Å². The molecule has 0 radical (unpaired) electrons. The number of rotatable bonds is 24. The Morgan fingerprint density at radius 3 is 1.18 bits per heavy atom. The number of anilines is 4. The van der Waals surface area contributed by atoms with Crippen LogP contribution in [0.2, 0.25) is 0 Å². The number of pyridine rings is 4. The summed E-state index contributed by atoms with van der Waals surface area (Å²) in [4.78, 5) is 73.4. The number of aromatic amines is 1. The molecule has 0 fully saturated rings. The Kier molecular flexibility index (Phi) is 25.2. The Balaban J connectivity index is 0.000000116. The summed E-state index contributed by atoms with van der Waals surface area (Å²) in [6.07, 6.45) is 20.1. The molecule has 1 unspecified atom stereocenters. The number of hydrogen-bond acceptors (Lipinski definition) is 26. The monoisotopic (exact) mass is 1840 g/mol. The van der Waals surface area contributed by atoms with E-state index in [0.29, 0.717) is 112 Å². The zero-order chi connectivity index (χ0) is 92.7. The van der Waals surface area contributed by atoms with Crippen molar-refractivity contribution in [3.05, 3.63) is 352 Å². The van der Waals surface area contributed by atoms with Gasteiger partial charge in [0, 0.05) is 120 Å². The molecule has 0 aliphatic rings. The van der Waals surface area contributed by atoms with E-state index in [9.17, 15) is 38.0 Å². The van der Waals surface area contributed by atoms with Crippen molar-refractivity contribution in [2.45, 2.75) is 72.9 Å². The summed E-state index contributed by atoms with van der Waals surface area (Å²) in [7, 11) is 1.89. The van der Waals surface area contributed by atoms with Crippen molar-refractivity contribution in [1.82, 2.24) is 112 Å². The van der Waals surface area contributed by atoms with Crippen molar-refractivity contribution in [2.75, 3.05) is 21.3 Å². The summed E-state index contributed by atoms with van der Waals surface area (Å²) in [6, 6.07) is 54.5. The van der Waals surface area contributed by atoms with Crippen LogP contribution in [0, 0.1) is 37.1 Å². The number of aliphatic hydroxyl groups is 4. The number of aromatic nitrogens is 23. The van der Waals surface area contributed by atoms with Crippen LogP contribution in [0.3, 0.4) is 0 Å². The Bertz CT molecular complexity index is 7950. The maximum atomic E-state index is 13.6. The molecule has 0 spiro atoms. The molecular weight excluding hydrogens is 1760 g/mol. The van der Waals surface area contributed by atoms with E-state index >= 15 is 0 Å². The molecule has 37 heteroatoms.